The molecule has 2 aromatic rings. The van der Waals surface area contributed by atoms with Crippen molar-refractivity contribution in [3.8, 4) is 11.4 Å². The van der Waals surface area contributed by atoms with Gasteiger partial charge in [0.1, 0.15) is 0 Å². The summed E-state index contributed by atoms with van der Waals surface area (Å²) >= 11 is 0. The van der Waals surface area contributed by atoms with E-state index in [2.05, 4.69) is 20.0 Å². The van der Waals surface area contributed by atoms with Crippen LogP contribution in [0.25, 0.3) is 11.4 Å². The molecule has 0 radical (unpaired) electrons. The molecule has 1 aromatic carbocycles. The molecule has 0 spiro atoms. The van der Waals surface area contributed by atoms with Crippen molar-refractivity contribution in [2.75, 3.05) is 5.32 Å². The van der Waals surface area contributed by atoms with E-state index in [1.54, 1.807) is 12.1 Å². The highest BCUT2D eigenvalue weighted by Crippen LogP contribution is 2.18. The van der Waals surface area contributed by atoms with Crippen LogP contribution in [0.3, 0.4) is 0 Å². The van der Waals surface area contributed by atoms with Crippen LogP contribution in [0.2, 0.25) is 0 Å². The molecule has 1 amide bonds. The molecule has 7 heteroatoms. The summed E-state index contributed by atoms with van der Waals surface area (Å²) in [6.45, 7) is 3.97. The fourth-order valence-corrected chi connectivity index (χ4v) is 1.74. The maximum Gasteiger partial charge on any atom is 0.241 e. The van der Waals surface area contributed by atoms with Gasteiger partial charge in [-0.05, 0) is 30.2 Å². The van der Waals surface area contributed by atoms with E-state index in [0.717, 1.165) is 12.0 Å². The van der Waals surface area contributed by atoms with Gasteiger partial charge in [-0.1, -0.05) is 25.4 Å². The molecule has 2 unspecified atom stereocenters. The number of hydrogen-bond acceptors (Lipinski definition) is 5. The number of nitrogens with two attached hydrogens (primary N) is 1. The zero-order valence-electron chi connectivity index (χ0n) is 11.9. The normalized spacial score (nSPS) is 13.1. The number of rotatable bonds is 5. The Labute approximate surface area is 129 Å². The van der Waals surface area contributed by atoms with Gasteiger partial charge in [0, 0.05) is 11.3 Å². The number of carbonyl (C=O) groups excluding carboxylic acids is 1. The summed E-state index contributed by atoms with van der Waals surface area (Å²) in [6, 6.07) is 6.70. The largest absolute Gasteiger partial charge is 0.342 e. The molecular formula is C14H19ClN4O2. The lowest BCUT2D eigenvalue weighted by molar-refractivity contribution is -0.118. The summed E-state index contributed by atoms with van der Waals surface area (Å²) in [6.07, 6.45) is 2.14. The summed E-state index contributed by atoms with van der Waals surface area (Å²) in [5, 5.41) is 6.55. The van der Waals surface area contributed by atoms with Crippen molar-refractivity contribution in [3.63, 3.8) is 0 Å². The van der Waals surface area contributed by atoms with Crippen molar-refractivity contribution in [1.82, 2.24) is 10.1 Å². The first-order valence-corrected chi connectivity index (χ1v) is 6.55. The molecule has 0 aliphatic carbocycles. The van der Waals surface area contributed by atoms with Gasteiger partial charge < -0.3 is 15.6 Å². The first kappa shape index (κ1) is 17.1. The van der Waals surface area contributed by atoms with E-state index >= 15 is 0 Å². The van der Waals surface area contributed by atoms with Crippen molar-refractivity contribution in [2.45, 2.75) is 26.3 Å². The molecule has 0 aliphatic rings. The van der Waals surface area contributed by atoms with E-state index < -0.39 is 6.04 Å². The highest BCUT2D eigenvalue weighted by molar-refractivity contribution is 5.95. The quantitative estimate of drug-likeness (QED) is 0.884. The van der Waals surface area contributed by atoms with Crippen LogP contribution in [-0.2, 0) is 4.79 Å². The van der Waals surface area contributed by atoms with Crippen molar-refractivity contribution >= 4 is 24.0 Å². The van der Waals surface area contributed by atoms with Gasteiger partial charge >= 0.3 is 0 Å². The lowest BCUT2D eigenvalue weighted by Crippen LogP contribution is -2.40. The Balaban J connectivity index is 0.00000220. The van der Waals surface area contributed by atoms with E-state index in [4.69, 9.17) is 5.73 Å². The number of aromatic nitrogens is 2. The fourth-order valence-electron chi connectivity index (χ4n) is 1.74. The first-order valence-electron chi connectivity index (χ1n) is 6.55. The van der Waals surface area contributed by atoms with E-state index in [-0.39, 0.29) is 24.2 Å². The Bertz CT molecular complexity index is 557. The minimum Gasteiger partial charge on any atom is -0.342 e. The van der Waals surface area contributed by atoms with Gasteiger partial charge in [-0.3, -0.25) is 4.79 Å². The zero-order valence-corrected chi connectivity index (χ0v) is 12.8. The molecule has 21 heavy (non-hydrogen) atoms. The molecule has 3 N–H and O–H groups in total. The van der Waals surface area contributed by atoms with Gasteiger partial charge in [0.2, 0.25) is 18.1 Å². The zero-order chi connectivity index (χ0) is 14.5. The molecule has 114 valence electrons. The van der Waals surface area contributed by atoms with Gasteiger partial charge in [0.05, 0.1) is 6.04 Å². The minimum absolute atomic E-state index is 0. The van der Waals surface area contributed by atoms with Crippen molar-refractivity contribution < 1.29 is 9.32 Å². The Morgan fingerprint density at radius 1 is 1.38 bits per heavy atom. The second-order valence-electron chi connectivity index (χ2n) is 4.73. The summed E-state index contributed by atoms with van der Waals surface area (Å²) in [4.78, 5) is 15.9. The van der Waals surface area contributed by atoms with Crippen molar-refractivity contribution in [2.24, 2.45) is 11.7 Å². The number of halogens is 1. The van der Waals surface area contributed by atoms with E-state index in [1.165, 1.54) is 6.39 Å². The Morgan fingerprint density at radius 3 is 2.57 bits per heavy atom. The number of amides is 1. The van der Waals surface area contributed by atoms with Crippen molar-refractivity contribution in [1.29, 1.82) is 0 Å². The first-order chi connectivity index (χ1) is 9.61. The van der Waals surface area contributed by atoms with Crippen LogP contribution >= 0.6 is 12.4 Å². The third-order valence-corrected chi connectivity index (χ3v) is 3.33. The summed E-state index contributed by atoms with van der Waals surface area (Å²) in [7, 11) is 0. The third kappa shape index (κ3) is 4.27. The number of nitrogens with one attached hydrogen (secondary N) is 1. The maximum absolute atomic E-state index is 12.0. The van der Waals surface area contributed by atoms with Gasteiger partial charge in [0.25, 0.3) is 0 Å². The monoisotopic (exact) mass is 310 g/mol. The van der Waals surface area contributed by atoms with Gasteiger partial charge in [0.15, 0.2) is 0 Å². The van der Waals surface area contributed by atoms with Crippen LogP contribution in [0.1, 0.15) is 20.3 Å². The molecule has 0 aliphatic heterocycles. The molecule has 2 atom stereocenters. The fraction of sp³-hybridized carbons (Fsp3) is 0.357. The molecule has 0 saturated heterocycles. The third-order valence-electron chi connectivity index (χ3n) is 3.33. The molecule has 1 aromatic heterocycles. The predicted octanol–water partition coefficient (Wildman–Crippen LogP) is 2.47. The predicted molar refractivity (Wildman–Crippen MR) is 83.0 cm³/mol. The lowest BCUT2D eigenvalue weighted by atomic mass is 9.99. The average molecular weight is 311 g/mol. The van der Waals surface area contributed by atoms with Gasteiger partial charge in [-0.25, -0.2) is 0 Å². The van der Waals surface area contributed by atoms with Gasteiger partial charge in [-0.2, -0.15) is 4.98 Å². The smallest absolute Gasteiger partial charge is 0.241 e. The summed E-state index contributed by atoms with van der Waals surface area (Å²) < 4.78 is 4.69. The van der Waals surface area contributed by atoms with Crippen LogP contribution in [0.5, 0.6) is 0 Å². The standard InChI is InChI=1S/C14H18N4O2.ClH/c1-3-9(2)12(15)14(19)17-11-6-4-10(5-7-11)13-16-8-20-18-13;/h4-9,12H,3,15H2,1-2H3,(H,17,19);1H. The van der Waals surface area contributed by atoms with E-state index in [1.807, 2.05) is 26.0 Å². The maximum atomic E-state index is 12.0. The number of benzene rings is 1. The molecule has 0 fully saturated rings. The number of carbonyl (C=O) groups is 1. The molecular weight excluding hydrogens is 292 g/mol. The molecule has 6 nitrogen and oxygen atoms in total. The summed E-state index contributed by atoms with van der Waals surface area (Å²) in [5.41, 5.74) is 7.40. The second-order valence-corrected chi connectivity index (χ2v) is 4.73. The lowest BCUT2D eigenvalue weighted by Gasteiger charge is -2.17. The van der Waals surface area contributed by atoms with Gasteiger partial charge in [-0.15, -0.1) is 12.4 Å². The minimum atomic E-state index is -0.503. The average Bonchev–Trinajstić information content (AvgIpc) is 3.00. The molecule has 2 rings (SSSR count). The Kier molecular flexibility index (Phi) is 6.33. The highest BCUT2D eigenvalue weighted by atomic mass is 35.5. The number of anilines is 1. The van der Waals surface area contributed by atoms with E-state index in [9.17, 15) is 4.79 Å². The Morgan fingerprint density at radius 2 is 2.05 bits per heavy atom. The SMILES string of the molecule is CCC(C)C(N)C(=O)Nc1ccc(-c2ncon2)cc1.Cl. The molecule has 0 saturated carbocycles. The number of nitrogens with zero attached hydrogens (tertiary/aromatic N) is 2. The van der Waals surface area contributed by atoms with Crippen LogP contribution in [0.15, 0.2) is 35.2 Å². The van der Waals surface area contributed by atoms with Crippen LogP contribution in [0, 0.1) is 5.92 Å². The summed E-state index contributed by atoms with van der Waals surface area (Å²) in [5.74, 6) is 0.486. The van der Waals surface area contributed by atoms with Crippen LogP contribution in [0.4, 0.5) is 5.69 Å². The Hall–Kier alpha value is -1.92. The number of hydrogen-bond donors (Lipinski definition) is 2. The molecule has 0 bridgehead atoms. The highest BCUT2D eigenvalue weighted by Gasteiger charge is 2.19. The van der Waals surface area contributed by atoms with E-state index in [0.29, 0.717) is 11.5 Å². The van der Waals surface area contributed by atoms with Crippen LogP contribution < -0.4 is 11.1 Å². The van der Waals surface area contributed by atoms with Crippen LogP contribution in [-0.4, -0.2) is 22.1 Å². The van der Waals surface area contributed by atoms with Crippen molar-refractivity contribution in [3.05, 3.63) is 30.7 Å². The molecule has 1 heterocycles. The second kappa shape index (κ2) is 7.75. The topological polar surface area (TPSA) is 94.0 Å².